The van der Waals surface area contributed by atoms with Crippen LogP contribution < -0.4 is 0 Å². The Hall–Kier alpha value is -3.19. The molecule has 1 aliphatic rings. The second kappa shape index (κ2) is 6.93. The zero-order chi connectivity index (χ0) is 16.9. The number of amides is 1. The summed E-state index contributed by atoms with van der Waals surface area (Å²) in [5.41, 5.74) is 1.73. The van der Waals surface area contributed by atoms with Crippen LogP contribution in [0.5, 0.6) is 0 Å². The first-order valence-corrected chi connectivity index (χ1v) is 7.68. The van der Waals surface area contributed by atoms with E-state index in [9.17, 15) is 9.59 Å². The van der Waals surface area contributed by atoms with Crippen molar-refractivity contribution in [3.63, 3.8) is 0 Å². The first-order valence-electron chi connectivity index (χ1n) is 7.68. The van der Waals surface area contributed by atoms with Crippen LogP contribution in [0, 0.1) is 17.8 Å². The minimum Gasteiger partial charge on any atom is -0.287 e. The largest absolute Gasteiger partial charge is 0.287 e. The van der Waals surface area contributed by atoms with Crippen LogP contribution in [-0.2, 0) is 4.79 Å². The van der Waals surface area contributed by atoms with Crippen molar-refractivity contribution < 1.29 is 9.59 Å². The zero-order valence-corrected chi connectivity index (χ0v) is 13.3. The third-order valence-corrected chi connectivity index (χ3v) is 3.71. The van der Waals surface area contributed by atoms with Gasteiger partial charge in [-0.3, -0.25) is 9.59 Å². The van der Waals surface area contributed by atoms with E-state index in [0.29, 0.717) is 17.8 Å². The number of hydrazone groups is 1. The molecule has 0 saturated carbocycles. The van der Waals surface area contributed by atoms with Gasteiger partial charge in [-0.2, -0.15) is 5.10 Å². The van der Waals surface area contributed by atoms with E-state index in [1.165, 1.54) is 11.9 Å². The molecule has 2 aromatic carbocycles. The predicted molar refractivity (Wildman–Crippen MR) is 92.4 cm³/mol. The molecule has 0 bridgehead atoms. The Morgan fingerprint density at radius 1 is 1.04 bits per heavy atom. The van der Waals surface area contributed by atoms with E-state index in [1.807, 2.05) is 36.4 Å². The number of benzene rings is 2. The van der Waals surface area contributed by atoms with Gasteiger partial charge >= 0.3 is 0 Å². The molecular weight excluding hydrogens is 300 g/mol. The van der Waals surface area contributed by atoms with Gasteiger partial charge in [0.05, 0.1) is 12.5 Å². The molecule has 4 heteroatoms. The Morgan fingerprint density at radius 2 is 1.67 bits per heavy atom. The molecular formula is C20H16N2O2. The summed E-state index contributed by atoms with van der Waals surface area (Å²) in [5, 5.41) is 5.51. The van der Waals surface area contributed by atoms with Crippen LogP contribution in [0.15, 0.2) is 65.8 Å². The van der Waals surface area contributed by atoms with Crippen molar-refractivity contribution in [2.45, 2.75) is 6.92 Å². The Balaban J connectivity index is 1.91. The molecule has 0 saturated heterocycles. The summed E-state index contributed by atoms with van der Waals surface area (Å²) in [6, 6.07) is 18.5. The molecule has 0 N–H and O–H groups in total. The maximum atomic E-state index is 12.7. The average Bonchev–Trinajstić information content (AvgIpc) is 3.05. The minimum absolute atomic E-state index is 0.188. The highest BCUT2D eigenvalue weighted by atomic mass is 16.2. The van der Waals surface area contributed by atoms with E-state index in [0.717, 1.165) is 5.56 Å². The van der Waals surface area contributed by atoms with Crippen molar-refractivity contribution in [1.29, 1.82) is 0 Å². The molecule has 0 fully saturated rings. The van der Waals surface area contributed by atoms with E-state index in [2.05, 4.69) is 16.9 Å². The lowest BCUT2D eigenvalue weighted by molar-refractivity contribution is -0.128. The van der Waals surface area contributed by atoms with E-state index < -0.39 is 0 Å². The molecule has 1 heterocycles. The highest BCUT2D eigenvalue weighted by Crippen LogP contribution is 2.17. The standard InChI is InChI=1S/C20H16N2O2/c1-15(23)22-14-18(13-12-16-8-4-2-5-9-16)19(21-22)20(24)17-10-6-3-7-11-17/h2-11,18H,14H2,1H3. The summed E-state index contributed by atoms with van der Waals surface area (Å²) >= 11 is 0. The summed E-state index contributed by atoms with van der Waals surface area (Å²) in [5.74, 6) is 5.38. The molecule has 1 aliphatic heterocycles. The smallest absolute Gasteiger partial charge is 0.239 e. The highest BCUT2D eigenvalue weighted by Gasteiger charge is 2.32. The number of hydrogen-bond acceptors (Lipinski definition) is 3. The Morgan fingerprint density at radius 3 is 2.29 bits per heavy atom. The molecule has 0 radical (unpaired) electrons. The SMILES string of the molecule is CC(=O)N1CC(C#Cc2ccccc2)C(C(=O)c2ccccc2)=N1. The van der Waals surface area contributed by atoms with E-state index in [4.69, 9.17) is 0 Å². The van der Waals surface area contributed by atoms with Gasteiger partial charge in [-0.05, 0) is 12.1 Å². The van der Waals surface area contributed by atoms with Gasteiger partial charge in [0.2, 0.25) is 11.7 Å². The van der Waals surface area contributed by atoms with Gasteiger partial charge in [-0.25, -0.2) is 5.01 Å². The second-order valence-corrected chi connectivity index (χ2v) is 5.47. The van der Waals surface area contributed by atoms with Gasteiger partial charge in [0.25, 0.3) is 0 Å². The monoisotopic (exact) mass is 316 g/mol. The maximum Gasteiger partial charge on any atom is 0.239 e. The molecule has 0 aromatic heterocycles. The lowest BCUT2D eigenvalue weighted by Gasteiger charge is -2.07. The van der Waals surface area contributed by atoms with Crippen LogP contribution in [0.4, 0.5) is 0 Å². The third kappa shape index (κ3) is 3.41. The lowest BCUT2D eigenvalue weighted by Crippen LogP contribution is -2.24. The number of nitrogens with zero attached hydrogens (tertiary/aromatic N) is 2. The van der Waals surface area contributed by atoms with Crippen LogP contribution in [0.3, 0.4) is 0 Å². The average molecular weight is 316 g/mol. The number of hydrogen-bond donors (Lipinski definition) is 0. The number of carbonyl (C=O) groups excluding carboxylic acids is 2. The Labute approximate surface area is 140 Å². The van der Waals surface area contributed by atoms with Crippen molar-refractivity contribution in [2.75, 3.05) is 6.54 Å². The predicted octanol–water partition coefficient (Wildman–Crippen LogP) is 2.76. The van der Waals surface area contributed by atoms with Crippen molar-refractivity contribution >= 4 is 17.4 Å². The molecule has 1 unspecified atom stereocenters. The molecule has 1 amide bonds. The van der Waals surface area contributed by atoms with Crippen LogP contribution in [0.25, 0.3) is 0 Å². The van der Waals surface area contributed by atoms with Gasteiger partial charge in [-0.15, -0.1) is 0 Å². The fraction of sp³-hybridized carbons (Fsp3) is 0.150. The number of Topliss-reactive ketones (excluding diaryl/α,β-unsaturated/α-hetero) is 1. The van der Waals surface area contributed by atoms with Crippen LogP contribution in [0.2, 0.25) is 0 Å². The Bertz CT molecular complexity index is 845. The fourth-order valence-corrected chi connectivity index (χ4v) is 2.45. The molecule has 2 aromatic rings. The van der Waals surface area contributed by atoms with Gasteiger partial charge in [0.1, 0.15) is 5.71 Å². The summed E-state index contributed by atoms with van der Waals surface area (Å²) in [4.78, 5) is 24.3. The van der Waals surface area contributed by atoms with Crippen LogP contribution in [-0.4, -0.2) is 29.0 Å². The topological polar surface area (TPSA) is 49.7 Å². The molecule has 118 valence electrons. The van der Waals surface area contributed by atoms with E-state index >= 15 is 0 Å². The first-order chi connectivity index (χ1) is 11.6. The zero-order valence-electron chi connectivity index (χ0n) is 13.3. The third-order valence-electron chi connectivity index (χ3n) is 3.71. The normalized spacial score (nSPS) is 16.1. The van der Waals surface area contributed by atoms with Crippen LogP contribution in [0.1, 0.15) is 22.8 Å². The first kappa shape index (κ1) is 15.7. The number of carbonyl (C=O) groups is 2. The highest BCUT2D eigenvalue weighted by molar-refractivity contribution is 6.47. The van der Waals surface area contributed by atoms with Gasteiger partial charge in [-0.1, -0.05) is 60.4 Å². The van der Waals surface area contributed by atoms with Gasteiger partial charge in [0, 0.05) is 18.1 Å². The van der Waals surface area contributed by atoms with E-state index in [-0.39, 0.29) is 17.6 Å². The lowest BCUT2D eigenvalue weighted by atomic mass is 9.96. The van der Waals surface area contributed by atoms with Crippen LogP contribution >= 0.6 is 0 Å². The van der Waals surface area contributed by atoms with Gasteiger partial charge in [0.15, 0.2) is 0 Å². The van der Waals surface area contributed by atoms with Gasteiger partial charge < -0.3 is 0 Å². The summed E-state index contributed by atoms with van der Waals surface area (Å²) < 4.78 is 0. The molecule has 0 aliphatic carbocycles. The summed E-state index contributed by atoms with van der Waals surface area (Å²) in [7, 11) is 0. The molecule has 1 atom stereocenters. The molecule has 3 rings (SSSR count). The van der Waals surface area contributed by atoms with E-state index in [1.54, 1.807) is 24.3 Å². The fourth-order valence-electron chi connectivity index (χ4n) is 2.45. The second-order valence-electron chi connectivity index (χ2n) is 5.47. The van der Waals surface area contributed by atoms with Crippen molar-refractivity contribution in [3.8, 4) is 11.8 Å². The summed E-state index contributed by atoms with van der Waals surface area (Å²) in [6.07, 6.45) is 0. The quantitative estimate of drug-likeness (QED) is 0.632. The number of rotatable bonds is 2. The maximum absolute atomic E-state index is 12.7. The Kier molecular flexibility index (Phi) is 4.53. The summed E-state index contributed by atoms with van der Waals surface area (Å²) in [6.45, 7) is 1.74. The molecule has 24 heavy (non-hydrogen) atoms. The van der Waals surface area contributed by atoms with Crippen molar-refractivity contribution in [3.05, 3.63) is 71.8 Å². The molecule has 4 nitrogen and oxygen atoms in total. The number of ketones is 1. The van der Waals surface area contributed by atoms with Crippen molar-refractivity contribution in [2.24, 2.45) is 11.0 Å². The minimum atomic E-state index is -0.387. The molecule has 0 spiro atoms. The van der Waals surface area contributed by atoms with Crippen molar-refractivity contribution in [1.82, 2.24) is 5.01 Å².